The summed E-state index contributed by atoms with van der Waals surface area (Å²) in [5.74, 6) is 1.05. The Kier molecular flexibility index (Phi) is 3.06. The molecule has 1 N–H and O–H groups in total. The number of nitrogens with zero attached hydrogens (tertiary/aromatic N) is 2. The molecule has 0 fully saturated rings. The van der Waals surface area contributed by atoms with Crippen molar-refractivity contribution < 1.29 is 5.11 Å². The summed E-state index contributed by atoms with van der Waals surface area (Å²) in [5, 5.41) is 9.40. The molecule has 1 unspecified atom stereocenters. The Labute approximate surface area is 95.4 Å². The van der Waals surface area contributed by atoms with E-state index in [0.29, 0.717) is 0 Å². The van der Waals surface area contributed by atoms with Gasteiger partial charge in [0, 0.05) is 25.9 Å². The lowest BCUT2D eigenvalue weighted by molar-refractivity contribution is 0.199. The molecule has 1 atom stereocenters. The van der Waals surface area contributed by atoms with E-state index in [1.54, 1.807) is 13.1 Å². The molecule has 0 radical (unpaired) electrons. The van der Waals surface area contributed by atoms with E-state index in [4.69, 9.17) is 0 Å². The number of benzene rings is 1. The lowest BCUT2D eigenvalue weighted by Gasteiger charge is -2.06. The first kappa shape index (κ1) is 10.9. The molecule has 0 saturated carbocycles. The van der Waals surface area contributed by atoms with Gasteiger partial charge in [0.1, 0.15) is 5.82 Å². The van der Waals surface area contributed by atoms with Crippen LogP contribution in [0.3, 0.4) is 0 Å². The minimum Gasteiger partial charge on any atom is -0.389 e. The predicted octanol–water partition coefficient (Wildman–Crippen LogP) is 2.06. The number of aryl methyl sites for hydroxylation is 1. The molecule has 1 aromatic carbocycles. The predicted molar refractivity (Wildman–Crippen MR) is 63.1 cm³/mol. The molecule has 2 rings (SSSR count). The Balaban J connectivity index is 2.14. The van der Waals surface area contributed by atoms with Gasteiger partial charge in [-0.1, -0.05) is 24.3 Å². The number of aromatic nitrogens is 2. The highest BCUT2D eigenvalue weighted by molar-refractivity contribution is 5.26. The van der Waals surface area contributed by atoms with Crippen molar-refractivity contribution in [1.82, 2.24) is 9.55 Å². The Morgan fingerprint density at radius 2 is 2.00 bits per heavy atom. The molecule has 1 aromatic heterocycles. The minimum atomic E-state index is -0.401. The van der Waals surface area contributed by atoms with Gasteiger partial charge >= 0.3 is 0 Å². The first-order chi connectivity index (χ1) is 7.66. The molecule has 16 heavy (non-hydrogen) atoms. The molecule has 0 amide bonds. The summed E-state index contributed by atoms with van der Waals surface area (Å²) in [6, 6.07) is 8.00. The Hall–Kier alpha value is -1.61. The standard InChI is InChI=1S/C13H16N2O/c1-10(16)12-5-3-11(4-6-12)9-13-14-7-8-15(13)2/h3-8,10,16H,9H2,1-2H3. The monoisotopic (exact) mass is 216 g/mol. The second-order valence-corrected chi connectivity index (χ2v) is 4.05. The summed E-state index contributed by atoms with van der Waals surface area (Å²) in [6.45, 7) is 1.77. The van der Waals surface area contributed by atoms with Crippen molar-refractivity contribution in [3.63, 3.8) is 0 Å². The van der Waals surface area contributed by atoms with E-state index in [1.807, 2.05) is 42.1 Å². The van der Waals surface area contributed by atoms with Crippen LogP contribution >= 0.6 is 0 Å². The van der Waals surface area contributed by atoms with Gasteiger partial charge in [-0.05, 0) is 18.1 Å². The van der Waals surface area contributed by atoms with Gasteiger partial charge in [-0.15, -0.1) is 0 Å². The molecule has 0 aliphatic rings. The number of aliphatic hydroxyl groups is 1. The zero-order valence-electron chi connectivity index (χ0n) is 9.59. The zero-order chi connectivity index (χ0) is 11.5. The summed E-state index contributed by atoms with van der Waals surface area (Å²) >= 11 is 0. The fraction of sp³-hybridized carbons (Fsp3) is 0.308. The Morgan fingerprint density at radius 3 is 2.50 bits per heavy atom. The van der Waals surface area contributed by atoms with Gasteiger partial charge in [0.15, 0.2) is 0 Å². The Bertz CT molecular complexity index is 457. The summed E-state index contributed by atoms with van der Waals surface area (Å²) in [5.41, 5.74) is 2.15. The topological polar surface area (TPSA) is 38.1 Å². The van der Waals surface area contributed by atoms with Crippen LogP contribution in [0.1, 0.15) is 30.0 Å². The van der Waals surface area contributed by atoms with Crippen LogP contribution in [0.4, 0.5) is 0 Å². The smallest absolute Gasteiger partial charge is 0.112 e. The Morgan fingerprint density at radius 1 is 1.31 bits per heavy atom. The highest BCUT2D eigenvalue weighted by Gasteiger charge is 2.03. The van der Waals surface area contributed by atoms with Crippen LogP contribution in [-0.2, 0) is 13.5 Å². The largest absolute Gasteiger partial charge is 0.389 e. The van der Waals surface area contributed by atoms with E-state index < -0.39 is 6.10 Å². The van der Waals surface area contributed by atoms with Crippen molar-refractivity contribution in [3.05, 3.63) is 53.6 Å². The zero-order valence-corrected chi connectivity index (χ0v) is 9.59. The molecule has 0 aliphatic carbocycles. The van der Waals surface area contributed by atoms with Crippen molar-refractivity contribution in [2.24, 2.45) is 7.05 Å². The third kappa shape index (κ3) is 2.31. The molecule has 0 bridgehead atoms. The normalized spacial score (nSPS) is 12.7. The molecule has 1 heterocycles. The number of aliphatic hydroxyl groups excluding tert-OH is 1. The van der Waals surface area contributed by atoms with Crippen molar-refractivity contribution in [2.75, 3.05) is 0 Å². The van der Waals surface area contributed by atoms with E-state index >= 15 is 0 Å². The van der Waals surface area contributed by atoms with Gasteiger partial charge in [-0.25, -0.2) is 4.98 Å². The summed E-state index contributed by atoms with van der Waals surface area (Å²) in [6.07, 6.45) is 4.17. The quantitative estimate of drug-likeness (QED) is 0.852. The summed E-state index contributed by atoms with van der Waals surface area (Å²) in [4.78, 5) is 4.28. The highest BCUT2D eigenvalue weighted by Crippen LogP contribution is 2.14. The molecule has 3 heteroatoms. The molecule has 0 saturated heterocycles. The van der Waals surface area contributed by atoms with Crippen molar-refractivity contribution >= 4 is 0 Å². The summed E-state index contributed by atoms with van der Waals surface area (Å²) < 4.78 is 2.02. The van der Waals surface area contributed by atoms with Crippen LogP contribution < -0.4 is 0 Å². The fourth-order valence-corrected chi connectivity index (χ4v) is 1.66. The average Bonchev–Trinajstić information content (AvgIpc) is 2.65. The van der Waals surface area contributed by atoms with Crippen LogP contribution in [0.5, 0.6) is 0 Å². The van der Waals surface area contributed by atoms with Gasteiger partial charge in [0.05, 0.1) is 6.10 Å². The third-order valence-electron chi connectivity index (χ3n) is 2.75. The van der Waals surface area contributed by atoms with Gasteiger partial charge in [0.2, 0.25) is 0 Å². The number of hydrogen-bond donors (Lipinski definition) is 1. The molecule has 0 aliphatic heterocycles. The second-order valence-electron chi connectivity index (χ2n) is 4.05. The van der Waals surface area contributed by atoms with Crippen molar-refractivity contribution in [3.8, 4) is 0 Å². The molecule has 84 valence electrons. The maximum Gasteiger partial charge on any atom is 0.112 e. The maximum atomic E-state index is 9.40. The lowest BCUT2D eigenvalue weighted by atomic mass is 10.1. The van der Waals surface area contributed by atoms with Crippen LogP contribution in [0.2, 0.25) is 0 Å². The van der Waals surface area contributed by atoms with E-state index in [0.717, 1.165) is 17.8 Å². The van der Waals surface area contributed by atoms with E-state index in [-0.39, 0.29) is 0 Å². The molecule has 0 spiro atoms. The van der Waals surface area contributed by atoms with E-state index in [1.165, 1.54) is 5.56 Å². The first-order valence-corrected chi connectivity index (χ1v) is 5.40. The van der Waals surface area contributed by atoms with Crippen LogP contribution in [0.25, 0.3) is 0 Å². The minimum absolute atomic E-state index is 0.401. The maximum absolute atomic E-state index is 9.40. The van der Waals surface area contributed by atoms with E-state index in [9.17, 15) is 5.11 Å². The van der Waals surface area contributed by atoms with E-state index in [2.05, 4.69) is 4.98 Å². The lowest BCUT2D eigenvalue weighted by Crippen LogP contribution is -1.99. The SMILES string of the molecule is CC(O)c1ccc(Cc2nccn2C)cc1. The molecule has 3 nitrogen and oxygen atoms in total. The van der Waals surface area contributed by atoms with Crippen LogP contribution in [0, 0.1) is 0 Å². The molecule has 2 aromatic rings. The number of rotatable bonds is 3. The van der Waals surface area contributed by atoms with Crippen LogP contribution in [0.15, 0.2) is 36.7 Å². The van der Waals surface area contributed by atoms with Gasteiger partial charge < -0.3 is 9.67 Å². The average molecular weight is 216 g/mol. The van der Waals surface area contributed by atoms with Gasteiger partial charge in [0.25, 0.3) is 0 Å². The van der Waals surface area contributed by atoms with Crippen molar-refractivity contribution in [2.45, 2.75) is 19.4 Å². The fourth-order valence-electron chi connectivity index (χ4n) is 1.66. The second kappa shape index (κ2) is 4.49. The molecular formula is C13H16N2O. The van der Waals surface area contributed by atoms with Gasteiger partial charge in [-0.3, -0.25) is 0 Å². The summed E-state index contributed by atoms with van der Waals surface area (Å²) in [7, 11) is 1.99. The first-order valence-electron chi connectivity index (χ1n) is 5.40. The van der Waals surface area contributed by atoms with Crippen LogP contribution in [-0.4, -0.2) is 14.7 Å². The number of imidazole rings is 1. The molecular weight excluding hydrogens is 200 g/mol. The van der Waals surface area contributed by atoms with Gasteiger partial charge in [-0.2, -0.15) is 0 Å². The highest BCUT2D eigenvalue weighted by atomic mass is 16.3. The third-order valence-corrected chi connectivity index (χ3v) is 2.75. The van der Waals surface area contributed by atoms with Crippen molar-refractivity contribution in [1.29, 1.82) is 0 Å². The number of hydrogen-bond acceptors (Lipinski definition) is 2.